The van der Waals surface area contributed by atoms with Gasteiger partial charge in [-0.25, -0.2) is 0 Å². The van der Waals surface area contributed by atoms with E-state index >= 15 is 0 Å². The van der Waals surface area contributed by atoms with Crippen molar-refractivity contribution < 1.29 is 64.6 Å². The molecule has 0 radical (unpaired) electrons. The second-order valence-electron chi connectivity index (χ2n) is 22.8. The van der Waals surface area contributed by atoms with Gasteiger partial charge in [-0.1, -0.05) is 237 Å². The van der Waals surface area contributed by atoms with Gasteiger partial charge in [0.25, 0.3) is 0 Å². The van der Waals surface area contributed by atoms with Crippen LogP contribution in [0.25, 0.3) is 0 Å². The normalized spacial score (nSPS) is 24.3. The molecule has 87 heavy (non-hydrogen) atoms. The van der Waals surface area contributed by atoms with Crippen molar-refractivity contribution in [2.45, 2.75) is 286 Å². The summed E-state index contributed by atoms with van der Waals surface area (Å²) in [4.78, 5) is 13.3. The lowest BCUT2D eigenvalue weighted by molar-refractivity contribution is -0.359. The Kier molecular flexibility index (Phi) is 50.7. The van der Waals surface area contributed by atoms with Crippen LogP contribution >= 0.6 is 0 Å². The molecule has 0 spiro atoms. The molecule has 1 amide bonds. The minimum Gasteiger partial charge on any atom is -0.394 e. The first kappa shape index (κ1) is 79.0. The maximum Gasteiger partial charge on any atom is 0.220 e. The Hall–Kier alpha value is -4.13. The van der Waals surface area contributed by atoms with Gasteiger partial charge in [-0.15, -0.1) is 0 Å². The number of unbranched alkanes of at least 4 members (excludes halogenated alkanes) is 17. The van der Waals surface area contributed by atoms with Crippen molar-refractivity contribution >= 4 is 5.91 Å². The van der Waals surface area contributed by atoms with Crippen LogP contribution in [0.4, 0.5) is 0 Å². The van der Waals surface area contributed by atoms with Gasteiger partial charge in [0.15, 0.2) is 12.6 Å². The van der Waals surface area contributed by atoms with Crippen LogP contribution in [0.5, 0.6) is 0 Å². The fraction of sp³-hybridized carbons (Fsp3) is 0.658. The van der Waals surface area contributed by atoms with Gasteiger partial charge in [-0.3, -0.25) is 4.79 Å². The molecule has 14 nitrogen and oxygen atoms in total. The lowest BCUT2D eigenvalue weighted by Gasteiger charge is -2.46. The van der Waals surface area contributed by atoms with Crippen LogP contribution in [0.3, 0.4) is 0 Å². The zero-order valence-electron chi connectivity index (χ0n) is 53.4. The summed E-state index contributed by atoms with van der Waals surface area (Å²) in [7, 11) is 0. The molecule has 14 heteroatoms. The summed E-state index contributed by atoms with van der Waals surface area (Å²) in [5.41, 5.74) is 0. The summed E-state index contributed by atoms with van der Waals surface area (Å²) < 4.78 is 22.8. The Balaban J connectivity index is 1.67. The number of hydrogen-bond acceptors (Lipinski definition) is 13. The van der Waals surface area contributed by atoms with Gasteiger partial charge in [0.05, 0.1) is 32.0 Å². The standard InChI is InChI=1S/C73H119NO13/c1-3-5-7-9-11-13-15-17-19-21-22-23-24-25-26-27-28-29-30-31-32-33-34-35-36-37-38-39-40-41-43-45-47-49-51-53-55-57-65(78)74-61(62(77)56-54-52-50-48-46-44-42-20-18-16-14-12-10-8-6-4-2)60-84-72-70(83)68(81)71(64(59-76)86-72)87-73-69(82)67(80)66(79)63(58-75)85-73/h5,7,11,13,17-20,22-23,25-26,28-29,31-32,34-35,37-38,46,48,54,56,61-64,66-73,75-77,79-83H,3-4,6,8-10,12,14-16,21,24,27,30,33,36,39-45,47,49-53,55,57-60H2,1-2H3,(H,74,78)/b7-5-,13-11-,19-17-,20-18+,23-22-,26-25-,29-28-,32-31-,35-34-,38-37-,48-46+,56-54+. The van der Waals surface area contributed by atoms with Gasteiger partial charge < -0.3 is 65.1 Å². The molecule has 9 N–H and O–H groups in total. The number of rotatable bonds is 52. The molecule has 12 unspecified atom stereocenters. The Bertz CT molecular complexity index is 2020. The van der Waals surface area contributed by atoms with Crippen LogP contribution in [0, 0.1) is 0 Å². The van der Waals surface area contributed by atoms with E-state index in [9.17, 15) is 45.6 Å². The number of carbonyl (C=O) groups is 1. The highest BCUT2D eigenvalue weighted by Gasteiger charge is 2.51. The Morgan fingerprint density at radius 2 is 0.805 bits per heavy atom. The van der Waals surface area contributed by atoms with E-state index in [1.165, 1.54) is 64.2 Å². The van der Waals surface area contributed by atoms with Crippen molar-refractivity contribution in [3.05, 3.63) is 146 Å². The Labute approximate surface area is 525 Å². The topological polar surface area (TPSA) is 228 Å². The van der Waals surface area contributed by atoms with E-state index in [1.54, 1.807) is 6.08 Å². The number of amides is 1. The first-order valence-corrected chi connectivity index (χ1v) is 33.6. The summed E-state index contributed by atoms with van der Waals surface area (Å²) in [6.45, 7) is 2.63. The molecule has 2 saturated heterocycles. The number of carbonyl (C=O) groups excluding carboxylic acids is 1. The van der Waals surface area contributed by atoms with Crippen LogP contribution < -0.4 is 5.32 Å². The smallest absolute Gasteiger partial charge is 0.220 e. The summed E-state index contributed by atoms with van der Waals surface area (Å²) in [5.74, 6) is -0.267. The second-order valence-corrected chi connectivity index (χ2v) is 22.8. The molecular formula is C73H119NO13. The number of ether oxygens (including phenoxy) is 4. The van der Waals surface area contributed by atoms with E-state index in [0.29, 0.717) is 12.8 Å². The Morgan fingerprint density at radius 1 is 0.425 bits per heavy atom. The first-order valence-electron chi connectivity index (χ1n) is 33.6. The summed E-state index contributed by atoms with van der Waals surface area (Å²) in [5, 5.41) is 87.2. The predicted molar refractivity (Wildman–Crippen MR) is 354 cm³/mol. The van der Waals surface area contributed by atoms with E-state index in [-0.39, 0.29) is 18.9 Å². The third-order valence-corrected chi connectivity index (χ3v) is 15.2. The highest BCUT2D eigenvalue weighted by atomic mass is 16.7. The molecule has 494 valence electrons. The fourth-order valence-electron chi connectivity index (χ4n) is 9.90. The molecule has 0 bridgehead atoms. The van der Waals surface area contributed by atoms with Crippen LogP contribution in [0.15, 0.2) is 146 Å². The third kappa shape index (κ3) is 40.3. The maximum atomic E-state index is 13.3. The fourth-order valence-corrected chi connectivity index (χ4v) is 9.90. The van der Waals surface area contributed by atoms with Gasteiger partial charge in [-0.05, 0) is 116 Å². The number of nitrogens with one attached hydrogen (secondary N) is 1. The molecule has 0 aromatic carbocycles. The largest absolute Gasteiger partial charge is 0.394 e. The van der Waals surface area contributed by atoms with Crippen molar-refractivity contribution in [3.63, 3.8) is 0 Å². The molecule has 0 aromatic rings. The maximum absolute atomic E-state index is 13.3. The van der Waals surface area contributed by atoms with Crippen molar-refractivity contribution in [1.29, 1.82) is 0 Å². The lowest BCUT2D eigenvalue weighted by atomic mass is 9.97. The van der Waals surface area contributed by atoms with Crippen molar-refractivity contribution in [2.75, 3.05) is 19.8 Å². The van der Waals surface area contributed by atoms with E-state index in [1.807, 2.05) is 6.08 Å². The molecule has 2 aliphatic heterocycles. The molecule has 0 aromatic heterocycles. The van der Waals surface area contributed by atoms with E-state index in [0.717, 1.165) is 116 Å². The number of allylic oxidation sites excluding steroid dienone is 23. The van der Waals surface area contributed by atoms with Crippen molar-refractivity contribution in [3.8, 4) is 0 Å². The molecule has 2 fully saturated rings. The number of aliphatic hydroxyl groups is 8. The highest BCUT2D eigenvalue weighted by Crippen LogP contribution is 2.30. The van der Waals surface area contributed by atoms with Gasteiger partial charge >= 0.3 is 0 Å². The van der Waals surface area contributed by atoms with Crippen LogP contribution in [0.1, 0.15) is 213 Å². The van der Waals surface area contributed by atoms with Gasteiger partial charge in [-0.2, -0.15) is 0 Å². The van der Waals surface area contributed by atoms with Gasteiger partial charge in [0.1, 0.15) is 48.8 Å². The number of aliphatic hydroxyl groups excluding tert-OH is 8. The van der Waals surface area contributed by atoms with Gasteiger partial charge in [0, 0.05) is 6.42 Å². The third-order valence-electron chi connectivity index (χ3n) is 15.2. The SMILES string of the molecule is CC/C=C\C/C=C\C/C=C\C/C=C\C/C=C\C/C=C\C/C=C\C/C=C\C/C=C\CCCCCCCCCCCC(=O)NC(COC1OC(CO)C(OC2OC(CO)C(O)C(O)C2O)C(O)C1O)C(O)/C=C/CC/C=C/CC/C=C/CCCCCCCC. The molecule has 0 aliphatic carbocycles. The van der Waals surface area contributed by atoms with Crippen LogP contribution in [-0.4, -0.2) is 140 Å². The molecule has 2 heterocycles. The molecule has 2 aliphatic rings. The summed E-state index contributed by atoms with van der Waals surface area (Å²) >= 11 is 0. The van der Waals surface area contributed by atoms with E-state index in [4.69, 9.17) is 18.9 Å². The zero-order valence-corrected chi connectivity index (χ0v) is 53.4. The quantitative estimate of drug-likeness (QED) is 0.0204. The van der Waals surface area contributed by atoms with E-state index in [2.05, 4.69) is 153 Å². The predicted octanol–water partition coefficient (Wildman–Crippen LogP) is 13.3. The van der Waals surface area contributed by atoms with Crippen molar-refractivity contribution in [1.82, 2.24) is 5.32 Å². The van der Waals surface area contributed by atoms with Crippen molar-refractivity contribution in [2.24, 2.45) is 0 Å². The molecule has 12 atom stereocenters. The average Bonchev–Trinajstić information content (AvgIpc) is 2.36. The second kappa shape index (κ2) is 55.9. The first-order chi connectivity index (χ1) is 42.6. The highest BCUT2D eigenvalue weighted by molar-refractivity contribution is 5.76. The zero-order chi connectivity index (χ0) is 63.1. The molecule has 0 saturated carbocycles. The molecular weight excluding hydrogens is 1100 g/mol. The van der Waals surface area contributed by atoms with Crippen LogP contribution in [0.2, 0.25) is 0 Å². The molecule has 2 rings (SSSR count). The minimum atomic E-state index is -1.80. The van der Waals surface area contributed by atoms with E-state index < -0.39 is 86.8 Å². The van der Waals surface area contributed by atoms with Gasteiger partial charge in [0.2, 0.25) is 5.91 Å². The average molecular weight is 1220 g/mol. The summed E-state index contributed by atoms with van der Waals surface area (Å²) in [6.07, 6.45) is 67.5. The number of hydrogen-bond donors (Lipinski definition) is 9. The van der Waals surface area contributed by atoms with Crippen LogP contribution in [-0.2, 0) is 23.7 Å². The monoisotopic (exact) mass is 1220 g/mol. The Morgan fingerprint density at radius 3 is 1.26 bits per heavy atom. The minimum absolute atomic E-state index is 0.253. The summed E-state index contributed by atoms with van der Waals surface area (Å²) in [6, 6.07) is -0.952. The lowest BCUT2D eigenvalue weighted by Crippen LogP contribution is -2.65.